The molecular weight excluding hydrogens is 233 g/mol. The molecule has 1 amide bonds. The minimum absolute atomic E-state index is 0.138. The molecular formula is C11H9F3N2O. The normalized spacial score (nSPS) is 12.0. The highest BCUT2D eigenvalue weighted by Crippen LogP contribution is 2.32. The number of nitrogens with one attached hydrogen (secondary N) is 1. The van der Waals surface area contributed by atoms with Crippen molar-refractivity contribution in [1.82, 2.24) is 4.98 Å². The van der Waals surface area contributed by atoms with Gasteiger partial charge in [0.2, 0.25) is 0 Å². The Labute approximate surface area is 94.4 Å². The van der Waals surface area contributed by atoms with Crippen LogP contribution in [0, 0.1) is 6.92 Å². The first-order chi connectivity index (χ1) is 7.80. The molecule has 0 fully saturated rings. The lowest BCUT2D eigenvalue weighted by Crippen LogP contribution is -2.12. The van der Waals surface area contributed by atoms with E-state index in [1.54, 1.807) is 6.92 Å². The fraction of sp³-hybridized carbons (Fsp3) is 0.182. The summed E-state index contributed by atoms with van der Waals surface area (Å²) in [5, 5.41) is 0.355. The van der Waals surface area contributed by atoms with Gasteiger partial charge in [0.15, 0.2) is 0 Å². The van der Waals surface area contributed by atoms with Crippen LogP contribution in [-0.4, -0.2) is 10.9 Å². The van der Waals surface area contributed by atoms with Gasteiger partial charge in [-0.25, -0.2) is 0 Å². The van der Waals surface area contributed by atoms with E-state index in [0.717, 1.165) is 12.1 Å². The molecule has 0 radical (unpaired) electrons. The predicted molar refractivity (Wildman–Crippen MR) is 56.6 cm³/mol. The smallest absolute Gasteiger partial charge is 0.364 e. The third-order valence-corrected chi connectivity index (χ3v) is 2.63. The number of aromatic amines is 1. The average Bonchev–Trinajstić information content (AvgIpc) is 2.54. The zero-order valence-electron chi connectivity index (χ0n) is 8.85. The number of alkyl halides is 3. The second-order valence-electron chi connectivity index (χ2n) is 3.75. The van der Waals surface area contributed by atoms with Gasteiger partial charge in [-0.15, -0.1) is 0 Å². The van der Waals surface area contributed by atoms with Crippen LogP contribution in [-0.2, 0) is 6.18 Å². The summed E-state index contributed by atoms with van der Waals surface area (Å²) in [7, 11) is 0. The van der Waals surface area contributed by atoms with Gasteiger partial charge >= 0.3 is 6.18 Å². The maximum absolute atomic E-state index is 12.5. The zero-order chi connectivity index (χ0) is 12.8. The van der Waals surface area contributed by atoms with Crippen LogP contribution in [0.15, 0.2) is 18.2 Å². The van der Waals surface area contributed by atoms with Crippen LogP contribution < -0.4 is 5.73 Å². The van der Waals surface area contributed by atoms with E-state index < -0.39 is 17.6 Å². The molecule has 17 heavy (non-hydrogen) atoms. The Morgan fingerprint density at radius 2 is 2.00 bits per heavy atom. The van der Waals surface area contributed by atoms with E-state index in [0.29, 0.717) is 16.5 Å². The van der Waals surface area contributed by atoms with Crippen LogP contribution in [0.5, 0.6) is 0 Å². The van der Waals surface area contributed by atoms with E-state index >= 15 is 0 Å². The molecule has 2 rings (SSSR count). The van der Waals surface area contributed by atoms with E-state index in [1.165, 1.54) is 6.07 Å². The van der Waals surface area contributed by atoms with Gasteiger partial charge in [0.1, 0.15) is 5.69 Å². The number of primary amides is 1. The highest BCUT2D eigenvalue weighted by molar-refractivity contribution is 6.00. The fourth-order valence-corrected chi connectivity index (χ4v) is 1.75. The van der Waals surface area contributed by atoms with Gasteiger partial charge < -0.3 is 10.7 Å². The largest absolute Gasteiger partial charge is 0.416 e. The van der Waals surface area contributed by atoms with E-state index in [1.807, 2.05) is 0 Å². The molecule has 0 saturated heterocycles. The zero-order valence-corrected chi connectivity index (χ0v) is 8.85. The molecule has 90 valence electrons. The summed E-state index contributed by atoms with van der Waals surface area (Å²) >= 11 is 0. The van der Waals surface area contributed by atoms with Crippen molar-refractivity contribution in [2.24, 2.45) is 5.73 Å². The van der Waals surface area contributed by atoms with Crippen LogP contribution in [0.25, 0.3) is 10.9 Å². The standard InChI is InChI=1S/C11H9F3N2O/c1-5-7-4-6(11(12,13)14)2-3-8(7)16-9(5)10(15)17/h2-4,16H,1H3,(H2,15,17). The molecule has 3 nitrogen and oxygen atoms in total. The SMILES string of the molecule is Cc1c(C(N)=O)[nH]c2ccc(C(F)(F)F)cc12. The van der Waals surface area contributed by atoms with Gasteiger partial charge in [-0.3, -0.25) is 4.79 Å². The monoisotopic (exact) mass is 242 g/mol. The Kier molecular flexibility index (Phi) is 2.38. The first kappa shape index (κ1) is 11.5. The van der Waals surface area contributed by atoms with Crippen LogP contribution in [0.4, 0.5) is 13.2 Å². The van der Waals surface area contributed by atoms with Gasteiger partial charge in [0, 0.05) is 10.9 Å². The lowest BCUT2D eigenvalue weighted by molar-refractivity contribution is -0.137. The number of aryl methyl sites for hydroxylation is 1. The van der Waals surface area contributed by atoms with Crippen molar-refractivity contribution in [3.63, 3.8) is 0 Å². The van der Waals surface area contributed by atoms with Gasteiger partial charge in [0.25, 0.3) is 5.91 Å². The van der Waals surface area contributed by atoms with Crippen molar-refractivity contribution in [3.8, 4) is 0 Å². The number of halogens is 3. The van der Waals surface area contributed by atoms with E-state index in [9.17, 15) is 18.0 Å². The number of hydrogen-bond donors (Lipinski definition) is 2. The molecule has 1 heterocycles. The number of rotatable bonds is 1. The maximum atomic E-state index is 12.5. The average molecular weight is 242 g/mol. The number of hydrogen-bond acceptors (Lipinski definition) is 1. The Morgan fingerprint density at radius 3 is 2.53 bits per heavy atom. The topological polar surface area (TPSA) is 58.9 Å². The molecule has 2 aromatic rings. The van der Waals surface area contributed by atoms with Crippen LogP contribution >= 0.6 is 0 Å². The molecule has 0 spiro atoms. The summed E-state index contributed by atoms with van der Waals surface area (Å²) in [6.45, 7) is 1.55. The second-order valence-corrected chi connectivity index (χ2v) is 3.75. The number of amides is 1. The molecule has 0 aliphatic heterocycles. The van der Waals surface area contributed by atoms with Gasteiger partial charge in [0.05, 0.1) is 5.56 Å². The first-order valence-electron chi connectivity index (χ1n) is 4.80. The molecule has 0 aliphatic carbocycles. The molecule has 3 N–H and O–H groups in total. The molecule has 0 aliphatic rings. The highest BCUT2D eigenvalue weighted by atomic mass is 19.4. The quantitative estimate of drug-likeness (QED) is 0.793. The Hall–Kier alpha value is -1.98. The lowest BCUT2D eigenvalue weighted by Gasteiger charge is -2.06. The highest BCUT2D eigenvalue weighted by Gasteiger charge is 2.31. The minimum atomic E-state index is -4.40. The van der Waals surface area contributed by atoms with Gasteiger partial charge in [-0.05, 0) is 30.7 Å². The lowest BCUT2D eigenvalue weighted by atomic mass is 10.1. The number of aromatic nitrogens is 1. The Balaban J connectivity index is 2.70. The van der Waals surface area contributed by atoms with Crippen LogP contribution in [0.2, 0.25) is 0 Å². The number of benzene rings is 1. The summed E-state index contributed by atoms with van der Waals surface area (Å²) in [4.78, 5) is 13.7. The number of H-pyrrole nitrogens is 1. The van der Waals surface area contributed by atoms with Crippen molar-refractivity contribution in [2.75, 3.05) is 0 Å². The van der Waals surface area contributed by atoms with E-state index in [2.05, 4.69) is 4.98 Å². The number of fused-ring (bicyclic) bond motifs is 1. The molecule has 0 unspecified atom stereocenters. The summed E-state index contributed by atoms with van der Waals surface area (Å²) in [5.74, 6) is -0.688. The van der Waals surface area contributed by atoms with Crippen molar-refractivity contribution in [1.29, 1.82) is 0 Å². The third kappa shape index (κ3) is 1.86. The molecule has 0 atom stereocenters. The molecule has 0 saturated carbocycles. The van der Waals surface area contributed by atoms with Crippen LogP contribution in [0.3, 0.4) is 0 Å². The van der Waals surface area contributed by atoms with E-state index in [-0.39, 0.29) is 5.69 Å². The van der Waals surface area contributed by atoms with Crippen LogP contribution in [0.1, 0.15) is 21.6 Å². The Morgan fingerprint density at radius 1 is 1.35 bits per heavy atom. The van der Waals surface area contributed by atoms with Gasteiger partial charge in [-0.2, -0.15) is 13.2 Å². The summed E-state index contributed by atoms with van der Waals surface area (Å²) in [6, 6.07) is 3.26. The van der Waals surface area contributed by atoms with Crippen molar-refractivity contribution >= 4 is 16.8 Å². The molecule has 1 aromatic carbocycles. The molecule has 6 heteroatoms. The van der Waals surface area contributed by atoms with Gasteiger partial charge in [-0.1, -0.05) is 0 Å². The second kappa shape index (κ2) is 3.51. The number of nitrogens with two attached hydrogens (primary N) is 1. The first-order valence-corrected chi connectivity index (χ1v) is 4.80. The van der Waals surface area contributed by atoms with Crippen molar-refractivity contribution < 1.29 is 18.0 Å². The summed E-state index contributed by atoms with van der Waals surface area (Å²) in [6.07, 6.45) is -4.40. The number of carbonyl (C=O) groups excluding carboxylic acids is 1. The number of carbonyl (C=O) groups is 1. The predicted octanol–water partition coefficient (Wildman–Crippen LogP) is 2.59. The summed E-state index contributed by atoms with van der Waals surface area (Å²) < 4.78 is 37.5. The van der Waals surface area contributed by atoms with E-state index in [4.69, 9.17) is 5.73 Å². The minimum Gasteiger partial charge on any atom is -0.364 e. The Bertz CT molecular complexity index is 599. The third-order valence-electron chi connectivity index (χ3n) is 2.63. The van der Waals surface area contributed by atoms with Crippen molar-refractivity contribution in [2.45, 2.75) is 13.1 Å². The molecule has 0 bridgehead atoms. The van der Waals surface area contributed by atoms with Crippen molar-refractivity contribution in [3.05, 3.63) is 35.0 Å². The fourth-order valence-electron chi connectivity index (χ4n) is 1.75. The maximum Gasteiger partial charge on any atom is 0.416 e. The molecule has 1 aromatic heterocycles. The summed E-state index contributed by atoms with van der Waals surface area (Å²) in [5.41, 5.74) is 5.39.